The van der Waals surface area contributed by atoms with E-state index in [0.717, 1.165) is 35.4 Å². The Hall–Kier alpha value is -3.72. The van der Waals surface area contributed by atoms with Crippen molar-refractivity contribution in [2.45, 2.75) is 23.1 Å². The topological polar surface area (TPSA) is 90.2 Å². The number of aromatic nitrogens is 2. The fraction of sp³-hybridized carbons (Fsp3) is 0.167. The summed E-state index contributed by atoms with van der Waals surface area (Å²) in [6, 6.07) is 14.7. The molecule has 33 heavy (non-hydrogen) atoms. The molecule has 0 bridgehead atoms. The second-order valence-corrected chi connectivity index (χ2v) is 9.82. The van der Waals surface area contributed by atoms with Crippen LogP contribution in [0.4, 0.5) is 10.1 Å². The standard InChI is InChI=1S/C24H22FN3O4S/c1-15-4-6-16(7-5-15)12-23(29)26-19-13-20-21(28(3)24(30)27(20)2)14-22(19)33(31,32)18-10-8-17(25)9-11-18/h4-11,13-14H,12H2,1-3H3,(H,26,29). The average molecular weight is 468 g/mol. The number of aryl methyl sites for hydroxylation is 3. The number of amides is 1. The molecule has 1 aromatic heterocycles. The molecule has 0 saturated heterocycles. The summed E-state index contributed by atoms with van der Waals surface area (Å²) < 4.78 is 42.9. The number of hydrogen-bond acceptors (Lipinski definition) is 4. The first kappa shape index (κ1) is 22.5. The van der Waals surface area contributed by atoms with Crippen LogP contribution in [0.5, 0.6) is 0 Å². The van der Waals surface area contributed by atoms with E-state index in [1.807, 2.05) is 31.2 Å². The number of nitrogens with zero attached hydrogens (tertiary/aromatic N) is 2. The number of benzene rings is 3. The number of nitrogens with one attached hydrogen (secondary N) is 1. The molecule has 0 atom stereocenters. The van der Waals surface area contributed by atoms with E-state index in [9.17, 15) is 22.4 Å². The first-order chi connectivity index (χ1) is 15.6. The molecule has 3 aromatic carbocycles. The van der Waals surface area contributed by atoms with E-state index < -0.39 is 21.6 Å². The lowest BCUT2D eigenvalue weighted by atomic mass is 10.1. The van der Waals surface area contributed by atoms with Gasteiger partial charge in [0.1, 0.15) is 5.82 Å². The molecule has 0 aliphatic heterocycles. The Morgan fingerprint density at radius 3 is 2.12 bits per heavy atom. The van der Waals surface area contributed by atoms with E-state index in [1.54, 1.807) is 7.05 Å². The summed E-state index contributed by atoms with van der Waals surface area (Å²) in [5.41, 5.74) is 2.39. The third-order valence-corrected chi connectivity index (χ3v) is 7.36. The summed E-state index contributed by atoms with van der Waals surface area (Å²) in [7, 11) is -1.03. The van der Waals surface area contributed by atoms with Gasteiger partial charge in [-0.3, -0.25) is 13.9 Å². The number of rotatable bonds is 5. The number of hydrogen-bond donors (Lipinski definition) is 1. The van der Waals surface area contributed by atoms with Crippen molar-refractivity contribution >= 4 is 32.5 Å². The van der Waals surface area contributed by atoms with Crippen molar-refractivity contribution in [1.82, 2.24) is 9.13 Å². The highest BCUT2D eigenvalue weighted by Crippen LogP contribution is 2.32. The number of carbonyl (C=O) groups is 1. The van der Waals surface area contributed by atoms with Crippen molar-refractivity contribution in [3.05, 3.63) is 88.1 Å². The average Bonchev–Trinajstić information content (AvgIpc) is 2.98. The Bertz CT molecular complexity index is 1530. The predicted octanol–water partition coefficient (Wildman–Crippen LogP) is 3.34. The lowest BCUT2D eigenvalue weighted by Crippen LogP contribution is -2.19. The second-order valence-electron chi connectivity index (χ2n) is 7.91. The Morgan fingerprint density at radius 1 is 0.939 bits per heavy atom. The minimum Gasteiger partial charge on any atom is -0.325 e. The molecule has 0 saturated carbocycles. The number of carbonyl (C=O) groups excluding carboxylic acids is 1. The molecule has 4 rings (SSSR count). The Kier molecular flexibility index (Phi) is 5.67. The molecule has 0 radical (unpaired) electrons. The first-order valence-corrected chi connectivity index (χ1v) is 11.6. The summed E-state index contributed by atoms with van der Waals surface area (Å²) >= 11 is 0. The maximum Gasteiger partial charge on any atom is 0.328 e. The van der Waals surface area contributed by atoms with E-state index in [-0.39, 0.29) is 27.6 Å². The van der Waals surface area contributed by atoms with Crippen LogP contribution < -0.4 is 11.0 Å². The highest BCUT2D eigenvalue weighted by atomic mass is 32.2. The zero-order valence-electron chi connectivity index (χ0n) is 18.3. The van der Waals surface area contributed by atoms with Gasteiger partial charge in [0.15, 0.2) is 0 Å². The van der Waals surface area contributed by atoms with E-state index in [2.05, 4.69) is 5.32 Å². The zero-order chi connectivity index (χ0) is 23.9. The highest BCUT2D eigenvalue weighted by molar-refractivity contribution is 7.91. The third kappa shape index (κ3) is 4.19. The van der Waals surface area contributed by atoms with E-state index in [1.165, 1.54) is 28.3 Å². The molecule has 0 aliphatic carbocycles. The van der Waals surface area contributed by atoms with Crippen LogP contribution in [0.15, 0.2) is 75.2 Å². The monoisotopic (exact) mass is 467 g/mol. The summed E-state index contributed by atoms with van der Waals surface area (Å²) in [5.74, 6) is -0.976. The fourth-order valence-electron chi connectivity index (χ4n) is 3.67. The fourth-order valence-corrected chi connectivity index (χ4v) is 5.09. The molecule has 170 valence electrons. The van der Waals surface area contributed by atoms with Gasteiger partial charge >= 0.3 is 5.69 Å². The molecule has 0 fully saturated rings. The van der Waals surface area contributed by atoms with Gasteiger partial charge in [0, 0.05) is 14.1 Å². The minimum absolute atomic E-state index is 0.0437. The van der Waals surface area contributed by atoms with Crippen molar-refractivity contribution in [2.24, 2.45) is 14.1 Å². The molecule has 0 spiro atoms. The van der Waals surface area contributed by atoms with Gasteiger partial charge < -0.3 is 5.32 Å². The molecule has 1 heterocycles. The molecule has 7 nitrogen and oxygen atoms in total. The lowest BCUT2D eigenvalue weighted by molar-refractivity contribution is -0.115. The van der Waals surface area contributed by atoms with Gasteiger partial charge in [-0.05, 0) is 48.9 Å². The van der Waals surface area contributed by atoms with E-state index >= 15 is 0 Å². The third-order valence-electron chi connectivity index (χ3n) is 5.55. The highest BCUT2D eigenvalue weighted by Gasteiger charge is 2.25. The summed E-state index contributed by atoms with van der Waals surface area (Å²) in [4.78, 5) is 24.9. The summed E-state index contributed by atoms with van der Waals surface area (Å²) in [6.45, 7) is 1.94. The van der Waals surface area contributed by atoms with E-state index in [4.69, 9.17) is 0 Å². The maximum absolute atomic E-state index is 13.4. The number of fused-ring (bicyclic) bond motifs is 1. The lowest BCUT2D eigenvalue weighted by Gasteiger charge is -2.13. The number of anilines is 1. The van der Waals surface area contributed by atoms with E-state index in [0.29, 0.717) is 11.0 Å². The Balaban J connectivity index is 1.83. The maximum atomic E-state index is 13.4. The van der Waals surface area contributed by atoms with Gasteiger partial charge in [-0.1, -0.05) is 29.8 Å². The van der Waals surface area contributed by atoms with Crippen molar-refractivity contribution < 1.29 is 17.6 Å². The van der Waals surface area contributed by atoms with Gasteiger partial charge in [0.05, 0.1) is 32.9 Å². The second kappa shape index (κ2) is 8.32. The molecule has 1 N–H and O–H groups in total. The van der Waals surface area contributed by atoms with Crippen LogP contribution in [0.25, 0.3) is 11.0 Å². The molecule has 1 amide bonds. The van der Waals surface area contributed by atoms with Crippen molar-refractivity contribution in [3.63, 3.8) is 0 Å². The van der Waals surface area contributed by atoms with Gasteiger partial charge in [0.25, 0.3) is 0 Å². The largest absolute Gasteiger partial charge is 0.328 e. The summed E-state index contributed by atoms with van der Waals surface area (Å²) in [5, 5.41) is 2.69. The first-order valence-electron chi connectivity index (χ1n) is 10.1. The van der Waals surface area contributed by atoms with Crippen LogP contribution in [0.3, 0.4) is 0 Å². The van der Waals surface area contributed by atoms with Gasteiger partial charge in [-0.25, -0.2) is 17.6 Å². The van der Waals surface area contributed by atoms with Crippen molar-refractivity contribution in [3.8, 4) is 0 Å². The van der Waals surface area contributed by atoms with Crippen molar-refractivity contribution in [1.29, 1.82) is 0 Å². The number of halogens is 1. The van der Waals surface area contributed by atoms with Crippen LogP contribution in [-0.4, -0.2) is 23.5 Å². The smallest absolute Gasteiger partial charge is 0.325 e. The number of imidazole rings is 1. The molecule has 4 aromatic rings. The normalized spacial score (nSPS) is 11.6. The molecule has 0 aliphatic rings. The predicted molar refractivity (Wildman–Crippen MR) is 124 cm³/mol. The summed E-state index contributed by atoms with van der Waals surface area (Å²) in [6.07, 6.45) is 0.0437. The van der Waals surface area contributed by atoms with Crippen molar-refractivity contribution in [2.75, 3.05) is 5.32 Å². The molecule has 0 unspecified atom stereocenters. The van der Waals surface area contributed by atoms with Gasteiger partial charge in [-0.2, -0.15) is 0 Å². The van der Waals surface area contributed by atoms with Crippen LogP contribution >= 0.6 is 0 Å². The zero-order valence-corrected chi connectivity index (χ0v) is 19.1. The minimum atomic E-state index is -4.13. The Morgan fingerprint density at radius 2 is 1.52 bits per heavy atom. The number of sulfone groups is 1. The van der Waals surface area contributed by atoms with Crippen LogP contribution in [0, 0.1) is 12.7 Å². The quantitative estimate of drug-likeness (QED) is 0.456. The molecular formula is C24H22FN3O4S. The van der Waals surface area contributed by atoms with Gasteiger partial charge in [0.2, 0.25) is 15.7 Å². The molecular weight excluding hydrogens is 445 g/mol. The molecule has 9 heteroatoms. The van der Waals surface area contributed by atoms with Crippen LogP contribution in [-0.2, 0) is 35.1 Å². The van der Waals surface area contributed by atoms with Crippen LogP contribution in [0.2, 0.25) is 0 Å². The SMILES string of the molecule is Cc1ccc(CC(=O)Nc2cc3c(cc2S(=O)(=O)c2ccc(F)cc2)n(C)c(=O)n3C)cc1. The van der Waals surface area contributed by atoms with Gasteiger partial charge in [-0.15, -0.1) is 0 Å². The Labute approximate surface area is 190 Å². The van der Waals surface area contributed by atoms with Crippen LogP contribution in [0.1, 0.15) is 11.1 Å².